The number of hydrogen-bond donors (Lipinski definition) is 6. The summed E-state index contributed by atoms with van der Waals surface area (Å²) in [5.41, 5.74) is 0. The summed E-state index contributed by atoms with van der Waals surface area (Å²) in [5.74, 6) is -2.97. The second kappa shape index (κ2) is 15.0. The predicted octanol–water partition coefficient (Wildman–Crippen LogP) is -3.64. The van der Waals surface area contributed by atoms with Crippen LogP contribution in [0.2, 0.25) is 0 Å². The second-order valence-electron chi connectivity index (χ2n) is 7.58. The van der Waals surface area contributed by atoms with Gasteiger partial charge in [-0.15, -0.1) is 0 Å². The number of aliphatic hydroxyl groups excluding tert-OH is 2. The van der Waals surface area contributed by atoms with Crippen LogP contribution in [0.4, 0.5) is 0 Å². The van der Waals surface area contributed by atoms with Crippen molar-refractivity contribution in [3.63, 3.8) is 0 Å². The number of aliphatic carboxylic acids is 3. The second-order valence-corrected chi connectivity index (χ2v) is 7.58. The van der Waals surface area contributed by atoms with Gasteiger partial charge in [0.15, 0.2) is 0 Å². The van der Waals surface area contributed by atoms with E-state index in [0.717, 1.165) is 0 Å². The van der Waals surface area contributed by atoms with E-state index in [1.165, 1.54) is 0 Å². The Morgan fingerprint density at radius 2 is 1.00 bits per heavy atom. The van der Waals surface area contributed by atoms with Crippen molar-refractivity contribution < 1.29 is 39.9 Å². The molecule has 0 saturated carbocycles. The Kier molecular flexibility index (Phi) is 13.2. The van der Waals surface area contributed by atoms with Crippen molar-refractivity contribution >= 4 is 17.9 Å². The van der Waals surface area contributed by atoms with Gasteiger partial charge in [0.1, 0.15) is 0 Å². The van der Waals surface area contributed by atoms with Crippen LogP contribution in [0.25, 0.3) is 0 Å². The number of hydrogen-bond acceptors (Lipinski definition) is 10. The van der Waals surface area contributed by atoms with E-state index in [9.17, 15) is 29.7 Å². The summed E-state index contributed by atoms with van der Waals surface area (Å²) in [6.07, 6.45) is -0.757. The minimum absolute atomic E-state index is 0.186. The van der Waals surface area contributed by atoms with Gasteiger partial charge in [0.2, 0.25) is 0 Å². The quantitative estimate of drug-likeness (QED) is 0.170. The molecule has 0 aromatic carbocycles. The molecule has 1 aliphatic heterocycles. The molecule has 1 atom stereocenters. The third kappa shape index (κ3) is 13.2. The molecule has 180 valence electrons. The zero-order valence-corrected chi connectivity index (χ0v) is 17.7. The van der Waals surface area contributed by atoms with Gasteiger partial charge in [-0.2, -0.15) is 0 Å². The van der Waals surface area contributed by atoms with Crippen LogP contribution < -0.4 is 5.32 Å². The summed E-state index contributed by atoms with van der Waals surface area (Å²) in [5, 5.41) is 49.2. The Labute approximate surface area is 181 Å². The van der Waals surface area contributed by atoms with Crippen LogP contribution in [0.5, 0.6) is 0 Å². The zero-order chi connectivity index (χ0) is 23.2. The molecule has 0 radical (unpaired) electrons. The molecule has 31 heavy (non-hydrogen) atoms. The number of nitrogens with one attached hydrogen (secondary N) is 1. The number of β-amino-alcohol motifs (C(OH)–C–C–N with tert-alkyl or cyclic N) is 1. The lowest BCUT2D eigenvalue weighted by Gasteiger charge is -2.33. The maximum absolute atomic E-state index is 11.2. The highest BCUT2D eigenvalue weighted by atomic mass is 16.4. The molecule has 1 aliphatic rings. The molecule has 0 bridgehead atoms. The maximum atomic E-state index is 11.2. The molecule has 0 aliphatic carbocycles. The highest BCUT2D eigenvalue weighted by Crippen LogP contribution is 2.02. The first-order valence-corrected chi connectivity index (χ1v) is 10.2. The molecule has 13 heteroatoms. The van der Waals surface area contributed by atoms with E-state index < -0.39 is 24.0 Å². The average Bonchev–Trinajstić information content (AvgIpc) is 2.67. The van der Waals surface area contributed by atoms with E-state index in [-0.39, 0.29) is 39.5 Å². The van der Waals surface area contributed by atoms with Crippen LogP contribution in [0.3, 0.4) is 0 Å². The Morgan fingerprint density at radius 1 is 0.677 bits per heavy atom. The van der Waals surface area contributed by atoms with Crippen LogP contribution in [-0.4, -0.2) is 161 Å². The number of rotatable bonds is 11. The normalized spacial score (nSPS) is 19.9. The van der Waals surface area contributed by atoms with Crippen molar-refractivity contribution in [2.45, 2.75) is 6.10 Å². The number of nitrogens with zero attached hydrogens (tertiary/aromatic N) is 4. The standard InChI is InChI=1S/C18H35N5O8/c24-14-19-9-15(25)10-20-1-3-21(11-16(26)27)5-7-23(13-18(30)31)8-6-22(4-2-20)12-17(28)29/h15,19,24-25H,1-14H2,(H,26,27)(H,28,29)(H,30,31). The lowest BCUT2D eigenvalue weighted by Crippen LogP contribution is -2.50. The van der Waals surface area contributed by atoms with Crippen molar-refractivity contribution in [2.24, 2.45) is 0 Å². The van der Waals surface area contributed by atoms with Gasteiger partial charge in [0, 0.05) is 65.4 Å². The largest absolute Gasteiger partial charge is 0.480 e. The first-order chi connectivity index (χ1) is 14.7. The van der Waals surface area contributed by atoms with Crippen LogP contribution in [0.1, 0.15) is 0 Å². The van der Waals surface area contributed by atoms with Crippen molar-refractivity contribution in [2.75, 3.05) is 91.8 Å². The van der Waals surface area contributed by atoms with Gasteiger partial charge in [0.25, 0.3) is 0 Å². The topological polar surface area (TPSA) is 177 Å². The van der Waals surface area contributed by atoms with Gasteiger partial charge >= 0.3 is 17.9 Å². The predicted molar refractivity (Wildman–Crippen MR) is 110 cm³/mol. The monoisotopic (exact) mass is 449 g/mol. The molecule has 0 amide bonds. The van der Waals surface area contributed by atoms with Gasteiger partial charge < -0.3 is 25.5 Å². The number of carboxylic acid groups (broad SMARTS) is 3. The van der Waals surface area contributed by atoms with Crippen LogP contribution in [-0.2, 0) is 14.4 Å². The van der Waals surface area contributed by atoms with Crippen molar-refractivity contribution in [1.29, 1.82) is 0 Å². The lowest BCUT2D eigenvalue weighted by molar-refractivity contribution is -0.140. The van der Waals surface area contributed by atoms with Gasteiger partial charge in [-0.05, 0) is 0 Å². The fourth-order valence-corrected chi connectivity index (χ4v) is 3.40. The van der Waals surface area contributed by atoms with E-state index in [1.54, 1.807) is 14.7 Å². The smallest absolute Gasteiger partial charge is 0.317 e. The third-order valence-corrected chi connectivity index (χ3v) is 4.97. The molecule has 1 fully saturated rings. The van der Waals surface area contributed by atoms with Crippen molar-refractivity contribution in [3.8, 4) is 0 Å². The fraction of sp³-hybridized carbons (Fsp3) is 0.833. The molecular weight excluding hydrogens is 414 g/mol. The Hall–Kier alpha value is -1.87. The molecule has 0 aromatic rings. The summed E-state index contributed by atoms with van der Waals surface area (Å²) >= 11 is 0. The summed E-state index contributed by atoms with van der Waals surface area (Å²) < 4.78 is 0. The van der Waals surface area contributed by atoms with E-state index in [4.69, 9.17) is 10.2 Å². The number of carbonyl (C=O) groups is 3. The first kappa shape index (κ1) is 27.2. The van der Waals surface area contributed by atoms with Crippen molar-refractivity contribution in [1.82, 2.24) is 24.9 Å². The molecule has 1 saturated heterocycles. The highest BCUT2D eigenvalue weighted by molar-refractivity contribution is 5.69. The minimum atomic E-state index is -1.00. The van der Waals surface area contributed by atoms with Crippen LogP contribution in [0, 0.1) is 0 Å². The van der Waals surface area contributed by atoms with Gasteiger partial charge in [-0.3, -0.25) is 39.3 Å². The Bertz CT molecular complexity index is 535. The van der Waals surface area contributed by atoms with Crippen LogP contribution in [0.15, 0.2) is 0 Å². The molecule has 0 aromatic heterocycles. The van der Waals surface area contributed by atoms with Crippen LogP contribution >= 0.6 is 0 Å². The number of carboxylic acids is 3. The summed E-state index contributed by atoms with van der Waals surface area (Å²) in [6, 6.07) is 0. The first-order valence-electron chi connectivity index (χ1n) is 10.2. The number of aliphatic hydroxyl groups is 2. The minimum Gasteiger partial charge on any atom is -0.480 e. The fourth-order valence-electron chi connectivity index (χ4n) is 3.40. The average molecular weight is 450 g/mol. The van der Waals surface area contributed by atoms with E-state index in [1.807, 2.05) is 4.90 Å². The van der Waals surface area contributed by atoms with Gasteiger partial charge in [-0.25, -0.2) is 0 Å². The van der Waals surface area contributed by atoms with E-state index >= 15 is 0 Å². The summed E-state index contributed by atoms with van der Waals surface area (Å²) in [7, 11) is 0. The molecule has 6 N–H and O–H groups in total. The van der Waals surface area contributed by atoms with Gasteiger partial charge in [-0.1, -0.05) is 0 Å². The maximum Gasteiger partial charge on any atom is 0.317 e. The lowest BCUT2D eigenvalue weighted by atomic mass is 10.2. The Balaban J connectivity index is 2.90. The Morgan fingerprint density at radius 3 is 1.29 bits per heavy atom. The molecule has 0 spiro atoms. The molecular formula is C18H35N5O8. The molecule has 1 rings (SSSR count). The molecule has 1 unspecified atom stereocenters. The molecule has 1 heterocycles. The highest BCUT2D eigenvalue weighted by Gasteiger charge is 2.21. The van der Waals surface area contributed by atoms with E-state index in [0.29, 0.717) is 52.4 Å². The third-order valence-electron chi connectivity index (χ3n) is 4.97. The molecule has 13 nitrogen and oxygen atoms in total. The summed E-state index contributed by atoms with van der Waals surface area (Å²) in [4.78, 5) is 40.7. The van der Waals surface area contributed by atoms with E-state index in [2.05, 4.69) is 5.32 Å². The SMILES string of the molecule is O=C(O)CN1CCN(CC(=O)O)CCN(CC(O)CNCO)CCN(CC(=O)O)CC1. The van der Waals surface area contributed by atoms with Gasteiger partial charge in [0.05, 0.1) is 32.5 Å². The van der Waals surface area contributed by atoms with Crippen molar-refractivity contribution in [3.05, 3.63) is 0 Å². The summed E-state index contributed by atoms with van der Waals surface area (Å²) in [6.45, 7) is 2.68. The zero-order valence-electron chi connectivity index (χ0n) is 17.7.